The highest BCUT2D eigenvalue weighted by atomic mass is 79.9. The molecule has 0 saturated heterocycles. The summed E-state index contributed by atoms with van der Waals surface area (Å²) in [5.74, 6) is -0.384. The van der Waals surface area contributed by atoms with Gasteiger partial charge in [0.25, 0.3) is 10.0 Å². The van der Waals surface area contributed by atoms with Gasteiger partial charge in [-0.25, -0.2) is 8.42 Å². The fourth-order valence-electron chi connectivity index (χ4n) is 4.90. The van der Waals surface area contributed by atoms with Crippen LogP contribution in [0, 0.1) is 6.92 Å². The van der Waals surface area contributed by atoms with Crippen LogP contribution >= 0.6 is 31.9 Å². The lowest BCUT2D eigenvalue weighted by Gasteiger charge is -2.34. The molecule has 1 N–H and O–H groups in total. The van der Waals surface area contributed by atoms with Crippen LogP contribution in [0.5, 0.6) is 5.75 Å². The number of carbonyl (C=O) groups excluding carboxylic acids is 2. The Balaban J connectivity index is 1.81. The number of rotatable bonds is 13. The molecule has 2 amide bonds. The molecule has 0 aliphatic rings. The maximum atomic E-state index is 14.5. The number of aryl methyl sites for hydroxylation is 1. The number of nitrogens with one attached hydrogen (secondary N) is 1. The molecule has 4 aromatic carbocycles. The molecule has 1 atom stereocenters. The summed E-state index contributed by atoms with van der Waals surface area (Å²) in [6.45, 7) is 5.17. The summed E-state index contributed by atoms with van der Waals surface area (Å²) >= 11 is 6.84. The van der Waals surface area contributed by atoms with Crippen molar-refractivity contribution < 1.29 is 22.7 Å². The van der Waals surface area contributed by atoms with Gasteiger partial charge in [-0.05, 0) is 90.3 Å². The largest absolute Gasteiger partial charge is 0.496 e. The Hall–Kier alpha value is -3.67. The summed E-state index contributed by atoms with van der Waals surface area (Å²) in [6.07, 6.45) is 0.240. The topological polar surface area (TPSA) is 96.0 Å². The van der Waals surface area contributed by atoms with Crippen LogP contribution in [0.15, 0.2) is 111 Å². The van der Waals surface area contributed by atoms with Gasteiger partial charge in [-0.1, -0.05) is 76.1 Å². The van der Waals surface area contributed by atoms with Gasteiger partial charge in [0.1, 0.15) is 18.3 Å². The molecule has 0 aromatic heterocycles. The van der Waals surface area contributed by atoms with Crippen molar-refractivity contribution in [2.24, 2.45) is 0 Å². The van der Waals surface area contributed by atoms with Crippen LogP contribution < -0.4 is 14.4 Å². The van der Waals surface area contributed by atoms with Crippen LogP contribution in [0.1, 0.15) is 30.5 Å². The van der Waals surface area contributed by atoms with Gasteiger partial charge < -0.3 is 15.0 Å². The molecule has 0 saturated carbocycles. The van der Waals surface area contributed by atoms with E-state index in [2.05, 4.69) is 37.2 Å². The van der Waals surface area contributed by atoms with Crippen molar-refractivity contribution in [1.82, 2.24) is 10.2 Å². The fraction of sp³-hybridized carbons (Fsp3) is 0.257. The maximum absolute atomic E-state index is 14.5. The molecule has 0 bridgehead atoms. The molecule has 46 heavy (non-hydrogen) atoms. The van der Waals surface area contributed by atoms with E-state index in [1.807, 2.05) is 75.4 Å². The third-order valence-electron chi connectivity index (χ3n) is 7.28. The second kappa shape index (κ2) is 15.8. The first-order chi connectivity index (χ1) is 21.9. The van der Waals surface area contributed by atoms with Gasteiger partial charge in [0.15, 0.2) is 0 Å². The quantitative estimate of drug-likeness (QED) is 0.160. The van der Waals surface area contributed by atoms with E-state index in [4.69, 9.17) is 4.74 Å². The zero-order valence-corrected chi connectivity index (χ0v) is 30.1. The Kier molecular flexibility index (Phi) is 12.0. The van der Waals surface area contributed by atoms with Crippen molar-refractivity contribution in [2.75, 3.05) is 18.0 Å². The summed E-state index contributed by atoms with van der Waals surface area (Å²) in [7, 11) is -2.76. The van der Waals surface area contributed by atoms with Gasteiger partial charge >= 0.3 is 0 Å². The molecule has 0 heterocycles. The lowest BCUT2D eigenvalue weighted by molar-refractivity contribution is -0.140. The number of halogens is 2. The second-order valence-corrected chi connectivity index (χ2v) is 14.8. The van der Waals surface area contributed by atoms with E-state index in [0.717, 1.165) is 25.5 Å². The van der Waals surface area contributed by atoms with Crippen LogP contribution in [0.25, 0.3) is 0 Å². The van der Waals surface area contributed by atoms with Gasteiger partial charge in [0.2, 0.25) is 11.8 Å². The third-order valence-corrected chi connectivity index (χ3v) is 10.2. The number of methoxy groups -OCH3 is 1. The molecule has 0 spiro atoms. The van der Waals surface area contributed by atoms with Crippen LogP contribution in [0.4, 0.5) is 5.69 Å². The molecule has 0 unspecified atom stereocenters. The minimum absolute atomic E-state index is 0.0219. The first kappa shape index (κ1) is 35.2. The van der Waals surface area contributed by atoms with Crippen LogP contribution in [-0.4, -0.2) is 50.9 Å². The number of amides is 2. The van der Waals surface area contributed by atoms with Crippen LogP contribution in [0.3, 0.4) is 0 Å². The molecule has 0 aliphatic carbocycles. The predicted octanol–water partition coefficient (Wildman–Crippen LogP) is 6.89. The standard InChI is InChI=1S/C35H37Br2N3O5S/c1-24(2)38-35(42)32(20-26-8-6-5-7-9-26)39(22-27-12-14-28(36)15-13-27)34(41)23-40(29-16-10-25(3)11-17-29)46(43,44)30-18-19-33(45-4)31(37)21-30/h5-19,21,24,32H,20,22-23H2,1-4H3,(H,38,42)/t32-/m1/s1. The number of carbonyl (C=O) groups is 2. The second-order valence-electron chi connectivity index (χ2n) is 11.2. The minimum atomic E-state index is -4.25. The van der Waals surface area contributed by atoms with Gasteiger partial charge in [-0.3, -0.25) is 13.9 Å². The molecule has 0 radical (unpaired) electrons. The highest BCUT2D eigenvalue weighted by Gasteiger charge is 2.35. The lowest BCUT2D eigenvalue weighted by Crippen LogP contribution is -2.54. The van der Waals surface area contributed by atoms with Crippen molar-refractivity contribution >= 4 is 59.4 Å². The first-order valence-electron chi connectivity index (χ1n) is 14.7. The highest BCUT2D eigenvalue weighted by molar-refractivity contribution is 9.10. The van der Waals surface area contributed by atoms with Crippen molar-refractivity contribution in [1.29, 1.82) is 0 Å². The van der Waals surface area contributed by atoms with Crippen molar-refractivity contribution in [3.63, 3.8) is 0 Å². The molecule has 8 nitrogen and oxygen atoms in total. The lowest BCUT2D eigenvalue weighted by atomic mass is 10.0. The molecule has 242 valence electrons. The molecule has 4 rings (SSSR count). The third kappa shape index (κ3) is 8.98. The first-order valence-corrected chi connectivity index (χ1v) is 17.7. The van der Waals surface area contributed by atoms with E-state index >= 15 is 0 Å². The van der Waals surface area contributed by atoms with Gasteiger partial charge in [-0.15, -0.1) is 0 Å². The average molecular weight is 772 g/mol. The molecular formula is C35H37Br2N3O5S. The molecule has 0 fully saturated rings. The minimum Gasteiger partial charge on any atom is -0.496 e. The molecule has 11 heteroatoms. The fourth-order valence-corrected chi connectivity index (χ4v) is 7.29. The smallest absolute Gasteiger partial charge is 0.264 e. The van der Waals surface area contributed by atoms with Gasteiger partial charge in [-0.2, -0.15) is 0 Å². The Morgan fingerprint density at radius 3 is 2.11 bits per heavy atom. The SMILES string of the molecule is COc1ccc(S(=O)(=O)N(CC(=O)N(Cc2ccc(Br)cc2)[C@H](Cc2ccccc2)C(=O)NC(C)C)c2ccc(C)cc2)cc1Br. The van der Waals surface area contributed by atoms with E-state index in [1.54, 1.807) is 30.3 Å². The van der Waals surface area contributed by atoms with E-state index in [0.29, 0.717) is 15.9 Å². The number of nitrogens with zero attached hydrogens (tertiary/aromatic N) is 2. The van der Waals surface area contributed by atoms with Crippen LogP contribution in [-0.2, 0) is 32.6 Å². The predicted molar refractivity (Wildman–Crippen MR) is 188 cm³/mol. The van der Waals surface area contributed by atoms with E-state index in [1.165, 1.54) is 24.1 Å². The van der Waals surface area contributed by atoms with E-state index < -0.39 is 28.5 Å². The monoisotopic (exact) mass is 769 g/mol. The van der Waals surface area contributed by atoms with E-state index in [9.17, 15) is 18.0 Å². The van der Waals surface area contributed by atoms with E-state index in [-0.39, 0.29) is 29.8 Å². The zero-order valence-electron chi connectivity index (χ0n) is 26.1. The summed E-state index contributed by atoms with van der Waals surface area (Å²) in [4.78, 5) is 29.8. The van der Waals surface area contributed by atoms with Crippen LogP contribution in [0.2, 0.25) is 0 Å². The summed E-state index contributed by atoms with van der Waals surface area (Å²) in [5, 5.41) is 2.97. The number of benzene rings is 4. The molecule has 0 aliphatic heterocycles. The molecular weight excluding hydrogens is 734 g/mol. The summed E-state index contributed by atoms with van der Waals surface area (Å²) < 4.78 is 36.3. The number of hydrogen-bond donors (Lipinski definition) is 1. The highest BCUT2D eigenvalue weighted by Crippen LogP contribution is 2.31. The number of ether oxygens (including phenoxy) is 1. The number of anilines is 1. The van der Waals surface area contributed by atoms with Crippen molar-refractivity contribution in [2.45, 2.75) is 50.7 Å². The number of sulfonamides is 1. The van der Waals surface area contributed by atoms with Gasteiger partial charge in [0.05, 0.1) is 22.2 Å². The maximum Gasteiger partial charge on any atom is 0.264 e. The zero-order chi connectivity index (χ0) is 33.4. The normalized spacial score (nSPS) is 12.0. The summed E-state index contributed by atoms with van der Waals surface area (Å²) in [5.41, 5.74) is 2.91. The summed E-state index contributed by atoms with van der Waals surface area (Å²) in [6, 6.07) is 27.2. The Morgan fingerprint density at radius 2 is 1.52 bits per heavy atom. The van der Waals surface area contributed by atoms with Gasteiger partial charge in [0, 0.05) is 23.5 Å². The Bertz CT molecular complexity index is 1750. The molecule has 4 aromatic rings. The Morgan fingerprint density at radius 1 is 0.870 bits per heavy atom. The number of hydrogen-bond acceptors (Lipinski definition) is 5. The Labute approximate surface area is 288 Å². The van der Waals surface area contributed by atoms with Crippen molar-refractivity contribution in [3.8, 4) is 5.75 Å². The average Bonchev–Trinajstić information content (AvgIpc) is 3.03. The van der Waals surface area contributed by atoms with Crippen molar-refractivity contribution in [3.05, 3.63) is 123 Å².